The summed E-state index contributed by atoms with van der Waals surface area (Å²) in [6.45, 7) is 3.74. The summed E-state index contributed by atoms with van der Waals surface area (Å²) in [5.74, 6) is -0.860. The van der Waals surface area contributed by atoms with Crippen LogP contribution >= 0.6 is 0 Å². The predicted molar refractivity (Wildman–Crippen MR) is 101 cm³/mol. The van der Waals surface area contributed by atoms with Gasteiger partial charge in [-0.2, -0.15) is 0 Å². The van der Waals surface area contributed by atoms with Crippen molar-refractivity contribution < 1.29 is 14.0 Å². The molecule has 5 nitrogen and oxygen atoms in total. The highest BCUT2D eigenvalue weighted by Gasteiger charge is 2.21. The van der Waals surface area contributed by atoms with Crippen LogP contribution in [0.1, 0.15) is 11.1 Å². The Morgan fingerprint density at radius 3 is 2.30 bits per heavy atom. The van der Waals surface area contributed by atoms with Gasteiger partial charge in [0.15, 0.2) is 0 Å². The Labute approximate surface area is 158 Å². The molecule has 0 saturated carbocycles. The Morgan fingerprint density at radius 2 is 1.59 bits per heavy atom. The van der Waals surface area contributed by atoms with Crippen molar-refractivity contribution in [3.63, 3.8) is 0 Å². The highest BCUT2D eigenvalue weighted by atomic mass is 19.1. The third-order valence-electron chi connectivity index (χ3n) is 4.72. The molecule has 142 valence electrons. The molecule has 3 rings (SSSR count). The molecular weight excluding hydrogens is 345 g/mol. The first-order chi connectivity index (χ1) is 13.1. The van der Waals surface area contributed by atoms with Gasteiger partial charge in [0.1, 0.15) is 5.82 Å². The maximum atomic E-state index is 13.6. The van der Waals surface area contributed by atoms with Gasteiger partial charge in [-0.3, -0.25) is 14.5 Å². The van der Waals surface area contributed by atoms with Crippen molar-refractivity contribution >= 4 is 11.8 Å². The normalized spacial score (nSPS) is 14.8. The van der Waals surface area contributed by atoms with Crippen molar-refractivity contribution in [2.75, 3.05) is 32.7 Å². The summed E-state index contributed by atoms with van der Waals surface area (Å²) in [5.41, 5.74) is 1.59. The van der Waals surface area contributed by atoms with Crippen LogP contribution in [-0.4, -0.2) is 54.3 Å². The van der Waals surface area contributed by atoms with Crippen LogP contribution in [0.25, 0.3) is 0 Å². The van der Waals surface area contributed by atoms with Gasteiger partial charge >= 0.3 is 0 Å². The van der Waals surface area contributed by atoms with E-state index in [0.717, 1.165) is 19.6 Å². The van der Waals surface area contributed by atoms with Gasteiger partial charge in [-0.15, -0.1) is 0 Å². The number of carbonyl (C=O) groups is 2. The monoisotopic (exact) mass is 369 g/mol. The highest BCUT2D eigenvalue weighted by Crippen LogP contribution is 2.09. The molecule has 1 aliphatic rings. The Balaban J connectivity index is 1.39. The topological polar surface area (TPSA) is 52.7 Å². The van der Waals surface area contributed by atoms with Gasteiger partial charge in [0.05, 0.1) is 13.0 Å². The maximum Gasteiger partial charge on any atom is 0.242 e. The van der Waals surface area contributed by atoms with Crippen LogP contribution in [-0.2, 0) is 22.6 Å². The van der Waals surface area contributed by atoms with Crippen LogP contribution in [0.5, 0.6) is 0 Å². The lowest BCUT2D eigenvalue weighted by Crippen LogP contribution is -2.50. The van der Waals surface area contributed by atoms with Crippen molar-refractivity contribution in [1.29, 1.82) is 0 Å². The number of nitrogens with zero attached hydrogens (tertiary/aromatic N) is 2. The minimum atomic E-state index is -0.409. The Morgan fingerprint density at radius 1 is 0.926 bits per heavy atom. The van der Waals surface area contributed by atoms with Crippen LogP contribution in [0.2, 0.25) is 0 Å². The number of amides is 2. The van der Waals surface area contributed by atoms with E-state index in [1.807, 2.05) is 18.2 Å². The molecule has 0 spiro atoms. The minimum absolute atomic E-state index is 0.0496. The van der Waals surface area contributed by atoms with Crippen molar-refractivity contribution in [3.8, 4) is 0 Å². The van der Waals surface area contributed by atoms with E-state index in [9.17, 15) is 14.0 Å². The summed E-state index contributed by atoms with van der Waals surface area (Å²) < 4.78 is 13.6. The van der Waals surface area contributed by atoms with E-state index in [2.05, 4.69) is 22.3 Å². The Kier molecular flexibility index (Phi) is 6.54. The summed E-state index contributed by atoms with van der Waals surface area (Å²) in [7, 11) is 0. The first-order valence-corrected chi connectivity index (χ1v) is 9.16. The summed E-state index contributed by atoms with van der Waals surface area (Å²) in [6, 6.07) is 16.4. The van der Waals surface area contributed by atoms with E-state index in [-0.39, 0.29) is 24.8 Å². The molecule has 0 unspecified atom stereocenters. The molecular formula is C21H24FN3O2. The number of nitrogens with one attached hydrogen (secondary N) is 1. The smallest absolute Gasteiger partial charge is 0.242 e. The largest absolute Gasteiger partial charge is 0.347 e. The van der Waals surface area contributed by atoms with Gasteiger partial charge in [-0.25, -0.2) is 4.39 Å². The zero-order valence-electron chi connectivity index (χ0n) is 15.2. The number of benzene rings is 2. The third-order valence-corrected chi connectivity index (χ3v) is 4.72. The van der Waals surface area contributed by atoms with Crippen LogP contribution in [0.15, 0.2) is 54.6 Å². The van der Waals surface area contributed by atoms with E-state index in [1.165, 1.54) is 11.6 Å². The number of hydrogen-bond acceptors (Lipinski definition) is 3. The molecule has 0 atom stereocenters. The number of carbonyl (C=O) groups excluding carboxylic acids is 2. The lowest BCUT2D eigenvalue weighted by molar-refractivity contribution is -0.134. The van der Waals surface area contributed by atoms with Gasteiger partial charge in [0.25, 0.3) is 0 Å². The molecule has 0 aliphatic carbocycles. The summed E-state index contributed by atoms with van der Waals surface area (Å²) in [4.78, 5) is 28.3. The molecule has 2 aromatic rings. The maximum absolute atomic E-state index is 13.6. The molecule has 1 fully saturated rings. The molecule has 1 N–H and O–H groups in total. The molecule has 0 bridgehead atoms. The van der Waals surface area contributed by atoms with Crippen LogP contribution in [0.3, 0.4) is 0 Å². The zero-order valence-corrected chi connectivity index (χ0v) is 15.2. The van der Waals surface area contributed by atoms with Gasteiger partial charge in [-0.05, 0) is 17.2 Å². The molecule has 6 heteroatoms. The van der Waals surface area contributed by atoms with Crippen LogP contribution < -0.4 is 5.32 Å². The van der Waals surface area contributed by atoms with Gasteiger partial charge in [0, 0.05) is 32.7 Å². The summed E-state index contributed by atoms with van der Waals surface area (Å²) >= 11 is 0. The van der Waals surface area contributed by atoms with Gasteiger partial charge in [-0.1, -0.05) is 48.5 Å². The SMILES string of the molecule is O=C(Cc1ccccc1F)NCC(=O)N1CCN(Cc2ccccc2)CC1. The summed E-state index contributed by atoms with van der Waals surface area (Å²) in [6.07, 6.45) is -0.0647. The second-order valence-corrected chi connectivity index (χ2v) is 6.69. The lowest BCUT2D eigenvalue weighted by atomic mass is 10.1. The Hall–Kier alpha value is -2.73. The summed E-state index contributed by atoms with van der Waals surface area (Å²) in [5, 5.41) is 2.60. The first kappa shape index (κ1) is 19.0. The van der Waals surface area contributed by atoms with Crippen LogP contribution in [0, 0.1) is 5.82 Å². The Bertz CT molecular complexity index is 774. The average Bonchev–Trinajstić information content (AvgIpc) is 2.69. The van der Waals surface area contributed by atoms with E-state index in [4.69, 9.17) is 0 Å². The van der Waals surface area contributed by atoms with E-state index >= 15 is 0 Å². The second kappa shape index (κ2) is 9.28. The highest BCUT2D eigenvalue weighted by molar-refractivity contribution is 5.85. The second-order valence-electron chi connectivity index (χ2n) is 6.69. The minimum Gasteiger partial charge on any atom is -0.347 e. The van der Waals surface area contributed by atoms with Crippen molar-refractivity contribution in [3.05, 3.63) is 71.5 Å². The molecule has 27 heavy (non-hydrogen) atoms. The fraction of sp³-hybridized carbons (Fsp3) is 0.333. The molecule has 2 amide bonds. The molecule has 0 radical (unpaired) electrons. The van der Waals surface area contributed by atoms with E-state index in [0.29, 0.717) is 18.7 Å². The molecule has 2 aromatic carbocycles. The van der Waals surface area contributed by atoms with Crippen molar-refractivity contribution in [1.82, 2.24) is 15.1 Å². The molecule has 0 aromatic heterocycles. The lowest BCUT2D eigenvalue weighted by Gasteiger charge is -2.34. The first-order valence-electron chi connectivity index (χ1n) is 9.16. The fourth-order valence-electron chi connectivity index (χ4n) is 3.16. The molecule has 1 aliphatic heterocycles. The number of halogens is 1. The average molecular weight is 369 g/mol. The standard InChI is InChI=1S/C21H24FN3O2/c22-19-9-5-4-8-18(19)14-20(26)23-15-21(27)25-12-10-24(11-13-25)16-17-6-2-1-3-7-17/h1-9H,10-16H2,(H,23,26). The van der Waals surface area contributed by atoms with Gasteiger partial charge in [0.2, 0.25) is 11.8 Å². The fourth-order valence-corrected chi connectivity index (χ4v) is 3.16. The van der Waals surface area contributed by atoms with Crippen LogP contribution in [0.4, 0.5) is 4.39 Å². The quantitative estimate of drug-likeness (QED) is 0.845. The van der Waals surface area contributed by atoms with Crippen molar-refractivity contribution in [2.45, 2.75) is 13.0 Å². The number of hydrogen-bond donors (Lipinski definition) is 1. The third kappa shape index (κ3) is 5.62. The number of rotatable bonds is 6. The van der Waals surface area contributed by atoms with Gasteiger partial charge < -0.3 is 10.2 Å². The van der Waals surface area contributed by atoms with Crippen molar-refractivity contribution in [2.24, 2.45) is 0 Å². The van der Waals surface area contributed by atoms with E-state index in [1.54, 1.807) is 23.1 Å². The zero-order chi connectivity index (χ0) is 19.1. The molecule has 1 heterocycles. The molecule has 1 saturated heterocycles. The predicted octanol–water partition coefficient (Wildman–Crippen LogP) is 1.83. The number of piperazine rings is 1. The van der Waals surface area contributed by atoms with E-state index < -0.39 is 5.82 Å².